The quantitative estimate of drug-likeness (QED) is 0.491. The molecule has 2 amide bonds. The molecule has 3 N–H and O–H groups in total. The third-order valence-electron chi connectivity index (χ3n) is 3.56. The third-order valence-corrected chi connectivity index (χ3v) is 5.12. The Balaban J connectivity index is 2.55. The van der Waals surface area contributed by atoms with Crippen LogP contribution in [-0.4, -0.2) is 45.4 Å². The number of amides is 2. The van der Waals surface area contributed by atoms with Gasteiger partial charge in [-0.05, 0) is 43.5 Å². The van der Waals surface area contributed by atoms with Gasteiger partial charge in [0.25, 0.3) is 5.91 Å². The van der Waals surface area contributed by atoms with E-state index < -0.39 is 34.5 Å². The molecule has 0 aromatic heterocycles. The highest BCUT2D eigenvalue weighted by Crippen LogP contribution is 2.14. The molecule has 0 unspecified atom stereocenters. The number of nitrogens with one attached hydrogen (secondary N) is 3. The molecule has 0 aliphatic rings. The maximum atomic E-state index is 12.3. The normalized spacial score (nSPS) is 12.3. The molecule has 0 spiro atoms. The maximum Gasteiger partial charge on any atom is 0.324 e. The summed E-state index contributed by atoms with van der Waals surface area (Å²) in [5.41, 5.74) is 0.447. The van der Waals surface area contributed by atoms with Gasteiger partial charge in [0.05, 0.1) is 4.90 Å². The van der Waals surface area contributed by atoms with Crippen LogP contribution in [0.25, 0.3) is 0 Å². The van der Waals surface area contributed by atoms with Crippen molar-refractivity contribution in [3.05, 3.63) is 24.3 Å². The smallest absolute Gasteiger partial charge is 0.324 e. The monoisotopic (exact) mass is 413 g/mol. The van der Waals surface area contributed by atoms with Crippen LogP contribution in [0.2, 0.25) is 0 Å². The minimum atomic E-state index is -3.98. The second kappa shape index (κ2) is 10.8. The highest BCUT2D eigenvalue weighted by molar-refractivity contribution is 7.89. The number of hydrogen-bond acceptors (Lipinski definition) is 6. The van der Waals surface area contributed by atoms with Crippen molar-refractivity contribution < 1.29 is 27.5 Å². The van der Waals surface area contributed by atoms with Crippen molar-refractivity contribution in [3.63, 3.8) is 0 Å². The molecule has 9 nitrogen and oxygen atoms in total. The van der Waals surface area contributed by atoms with E-state index in [1.165, 1.54) is 38.1 Å². The Morgan fingerprint density at radius 1 is 1.07 bits per heavy atom. The van der Waals surface area contributed by atoms with Gasteiger partial charge in [-0.2, -0.15) is 4.72 Å². The summed E-state index contributed by atoms with van der Waals surface area (Å²) in [5.74, 6) is -1.15. The number of benzene rings is 1. The van der Waals surface area contributed by atoms with Crippen LogP contribution >= 0.6 is 0 Å². The summed E-state index contributed by atoms with van der Waals surface area (Å²) in [6, 6.07) is 4.28. The topological polar surface area (TPSA) is 131 Å². The Labute approximate surface area is 165 Å². The largest absolute Gasteiger partial charge is 0.454 e. The molecule has 0 saturated heterocycles. The molecular weight excluding hydrogens is 386 g/mol. The number of esters is 1. The lowest BCUT2D eigenvalue weighted by molar-refractivity contribution is -0.149. The summed E-state index contributed by atoms with van der Waals surface area (Å²) < 4.78 is 31.7. The lowest BCUT2D eigenvalue weighted by Gasteiger charge is -2.14. The van der Waals surface area contributed by atoms with E-state index in [0.29, 0.717) is 18.2 Å². The van der Waals surface area contributed by atoms with Crippen LogP contribution in [0.15, 0.2) is 29.2 Å². The number of ether oxygens (including phenoxy) is 1. The lowest BCUT2D eigenvalue weighted by atomic mass is 10.1. The fourth-order valence-electron chi connectivity index (χ4n) is 2.08. The van der Waals surface area contributed by atoms with Gasteiger partial charge in [0.15, 0.2) is 6.61 Å². The summed E-state index contributed by atoms with van der Waals surface area (Å²) in [6.07, 6.45) is 0.802. The SMILES string of the molecule is CC(=O)Nc1ccc(S(=O)(=O)N[C@@H](C)C(=O)OCC(=O)NCCC(C)C)cc1. The zero-order valence-corrected chi connectivity index (χ0v) is 17.3. The minimum Gasteiger partial charge on any atom is -0.454 e. The van der Waals surface area contributed by atoms with Gasteiger partial charge in [0.1, 0.15) is 6.04 Å². The molecule has 10 heteroatoms. The first-order chi connectivity index (χ1) is 13.0. The van der Waals surface area contributed by atoms with E-state index in [1.54, 1.807) is 0 Å². The van der Waals surface area contributed by atoms with Gasteiger partial charge in [0.2, 0.25) is 15.9 Å². The van der Waals surface area contributed by atoms with Crippen molar-refractivity contribution in [2.75, 3.05) is 18.5 Å². The van der Waals surface area contributed by atoms with Crippen LogP contribution in [0.4, 0.5) is 5.69 Å². The summed E-state index contributed by atoms with van der Waals surface area (Å²) in [6.45, 7) is 6.70. The van der Waals surface area contributed by atoms with E-state index in [2.05, 4.69) is 15.4 Å². The van der Waals surface area contributed by atoms with E-state index in [4.69, 9.17) is 4.74 Å². The Bertz CT molecular complexity index is 790. The predicted octanol–water partition coefficient (Wildman–Crippen LogP) is 1.02. The zero-order chi connectivity index (χ0) is 21.3. The molecule has 1 rings (SSSR count). The number of hydrogen-bond donors (Lipinski definition) is 3. The van der Waals surface area contributed by atoms with E-state index >= 15 is 0 Å². The van der Waals surface area contributed by atoms with E-state index in [0.717, 1.165) is 6.42 Å². The second-order valence-electron chi connectivity index (χ2n) is 6.69. The van der Waals surface area contributed by atoms with Gasteiger partial charge >= 0.3 is 5.97 Å². The van der Waals surface area contributed by atoms with Crippen LogP contribution < -0.4 is 15.4 Å². The number of anilines is 1. The standard InChI is InChI=1S/C18H27N3O6S/c1-12(2)9-10-19-17(23)11-27-18(24)13(3)21-28(25,26)16-7-5-15(6-8-16)20-14(4)22/h5-8,12-13,21H,9-11H2,1-4H3,(H,19,23)(H,20,22)/t13-/m0/s1. The number of carbonyl (C=O) groups is 3. The summed E-state index contributed by atoms with van der Waals surface area (Å²) >= 11 is 0. The average Bonchev–Trinajstić information content (AvgIpc) is 2.58. The Hall–Kier alpha value is -2.46. The number of rotatable bonds is 10. The second-order valence-corrected chi connectivity index (χ2v) is 8.40. The van der Waals surface area contributed by atoms with Crippen molar-refractivity contribution in [2.45, 2.75) is 45.1 Å². The molecule has 0 aliphatic heterocycles. The average molecular weight is 413 g/mol. The van der Waals surface area contributed by atoms with Crippen LogP contribution in [0.3, 0.4) is 0 Å². The first-order valence-corrected chi connectivity index (χ1v) is 10.3. The van der Waals surface area contributed by atoms with Crippen molar-refractivity contribution in [1.82, 2.24) is 10.0 Å². The van der Waals surface area contributed by atoms with E-state index in [9.17, 15) is 22.8 Å². The highest BCUT2D eigenvalue weighted by Gasteiger charge is 2.23. The lowest BCUT2D eigenvalue weighted by Crippen LogP contribution is -2.41. The van der Waals surface area contributed by atoms with Crippen LogP contribution in [0.1, 0.15) is 34.1 Å². The Morgan fingerprint density at radius 2 is 1.68 bits per heavy atom. The van der Waals surface area contributed by atoms with Gasteiger partial charge in [-0.3, -0.25) is 14.4 Å². The van der Waals surface area contributed by atoms with Gasteiger partial charge in [-0.25, -0.2) is 8.42 Å². The van der Waals surface area contributed by atoms with Crippen molar-refractivity contribution in [3.8, 4) is 0 Å². The first kappa shape index (κ1) is 23.6. The van der Waals surface area contributed by atoms with Crippen LogP contribution in [0.5, 0.6) is 0 Å². The Morgan fingerprint density at radius 3 is 2.21 bits per heavy atom. The molecule has 0 bridgehead atoms. The molecule has 1 aromatic rings. The molecule has 0 heterocycles. The molecule has 156 valence electrons. The van der Waals surface area contributed by atoms with Crippen molar-refractivity contribution in [1.29, 1.82) is 0 Å². The predicted molar refractivity (Wildman–Crippen MR) is 104 cm³/mol. The molecule has 1 atom stereocenters. The molecule has 28 heavy (non-hydrogen) atoms. The molecule has 0 aliphatic carbocycles. The summed E-state index contributed by atoms with van der Waals surface area (Å²) in [4.78, 5) is 34.5. The summed E-state index contributed by atoms with van der Waals surface area (Å²) in [7, 11) is -3.98. The van der Waals surface area contributed by atoms with Crippen molar-refractivity contribution in [2.24, 2.45) is 5.92 Å². The third kappa shape index (κ3) is 8.49. The fourth-order valence-corrected chi connectivity index (χ4v) is 3.27. The van der Waals surface area contributed by atoms with Gasteiger partial charge in [0, 0.05) is 19.2 Å². The molecule has 1 aromatic carbocycles. The van der Waals surface area contributed by atoms with Crippen molar-refractivity contribution >= 4 is 33.5 Å². The number of sulfonamides is 1. The molecule has 0 saturated carbocycles. The maximum absolute atomic E-state index is 12.3. The fraction of sp³-hybridized carbons (Fsp3) is 0.500. The van der Waals surface area contributed by atoms with Gasteiger partial charge in [-0.1, -0.05) is 13.8 Å². The minimum absolute atomic E-state index is 0.0762. The molecular formula is C18H27N3O6S. The van der Waals surface area contributed by atoms with Gasteiger partial charge < -0.3 is 15.4 Å². The first-order valence-electron chi connectivity index (χ1n) is 8.84. The van der Waals surface area contributed by atoms with Crippen LogP contribution in [0, 0.1) is 5.92 Å². The highest BCUT2D eigenvalue weighted by atomic mass is 32.2. The van der Waals surface area contributed by atoms with E-state index in [1.807, 2.05) is 13.8 Å². The summed E-state index contributed by atoms with van der Waals surface area (Å²) in [5, 5.41) is 5.14. The van der Waals surface area contributed by atoms with E-state index in [-0.39, 0.29) is 10.8 Å². The Kier molecular flexibility index (Phi) is 9.07. The molecule has 0 fully saturated rings. The zero-order valence-electron chi connectivity index (χ0n) is 16.4. The molecule has 0 radical (unpaired) electrons. The number of carbonyl (C=O) groups excluding carboxylic acids is 3. The van der Waals surface area contributed by atoms with Gasteiger partial charge in [-0.15, -0.1) is 0 Å². The van der Waals surface area contributed by atoms with Crippen LogP contribution in [-0.2, 0) is 29.1 Å².